The van der Waals surface area contributed by atoms with Gasteiger partial charge in [-0.15, -0.1) is 0 Å². The monoisotopic (exact) mass is 614 g/mol. The van der Waals surface area contributed by atoms with Gasteiger partial charge in [-0.05, 0) is 41.8 Å². The average molecular weight is 615 g/mol. The van der Waals surface area contributed by atoms with Gasteiger partial charge >= 0.3 is 0 Å². The van der Waals surface area contributed by atoms with Crippen molar-refractivity contribution in [2.24, 2.45) is 0 Å². The lowest BCUT2D eigenvalue weighted by molar-refractivity contribution is 1.07. The Balaban J connectivity index is 1.30. The first kappa shape index (κ1) is 26.5. The summed E-state index contributed by atoms with van der Waals surface area (Å²) in [4.78, 5) is 20.3. The van der Waals surface area contributed by atoms with Crippen LogP contribution in [0.2, 0.25) is 0 Å². The number of para-hydroxylation sites is 2. The minimum atomic E-state index is 0.628. The van der Waals surface area contributed by atoms with Gasteiger partial charge in [-0.25, -0.2) is 19.9 Å². The maximum atomic E-state index is 5.35. The summed E-state index contributed by atoms with van der Waals surface area (Å²) in [6.07, 6.45) is 0. The van der Waals surface area contributed by atoms with Gasteiger partial charge in [-0.3, -0.25) is 8.97 Å². The Morgan fingerprint density at radius 3 is 1.58 bits per heavy atom. The summed E-state index contributed by atoms with van der Waals surface area (Å²) in [6, 6.07) is 54.3. The van der Waals surface area contributed by atoms with Crippen LogP contribution >= 0.6 is 0 Å². The molecule has 0 saturated heterocycles. The van der Waals surface area contributed by atoms with Gasteiger partial charge in [0.05, 0.1) is 11.0 Å². The van der Waals surface area contributed by atoms with E-state index < -0.39 is 0 Å². The minimum absolute atomic E-state index is 0.628. The lowest BCUT2D eigenvalue weighted by atomic mass is 10.0. The van der Waals surface area contributed by atoms with Crippen molar-refractivity contribution in [2.45, 2.75) is 0 Å². The number of imidazole rings is 1. The second-order valence-electron chi connectivity index (χ2n) is 11.9. The highest BCUT2D eigenvalue weighted by Crippen LogP contribution is 2.38. The molecule has 0 radical (unpaired) electrons. The molecule has 6 aromatic carbocycles. The molecule has 6 heteroatoms. The van der Waals surface area contributed by atoms with E-state index in [1.807, 2.05) is 60.7 Å². The Hall–Kier alpha value is -6.66. The smallest absolute Gasteiger partial charge is 0.164 e. The molecule has 10 rings (SSSR count). The third-order valence-electron chi connectivity index (χ3n) is 9.13. The zero-order valence-electron chi connectivity index (χ0n) is 25.7. The molecule has 0 aliphatic heterocycles. The van der Waals surface area contributed by atoms with E-state index >= 15 is 0 Å². The molecule has 224 valence electrons. The van der Waals surface area contributed by atoms with Gasteiger partial charge in [0.2, 0.25) is 0 Å². The second-order valence-corrected chi connectivity index (χ2v) is 11.9. The van der Waals surface area contributed by atoms with Crippen molar-refractivity contribution in [1.29, 1.82) is 0 Å². The Kier molecular flexibility index (Phi) is 5.77. The van der Waals surface area contributed by atoms with Gasteiger partial charge in [0, 0.05) is 38.5 Å². The summed E-state index contributed by atoms with van der Waals surface area (Å²) in [5, 5.41) is 4.45. The molecule has 0 amide bonds. The van der Waals surface area contributed by atoms with Crippen LogP contribution in [0.15, 0.2) is 158 Å². The normalized spacial score (nSPS) is 11.8. The van der Waals surface area contributed by atoms with Crippen LogP contribution in [0.25, 0.3) is 89.2 Å². The summed E-state index contributed by atoms with van der Waals surface area (Å²) in [7, 11) is 0. The fourth-order valence-electron chi connectivity index (χ4n) is 6.97. The van der Waals surface area contributed by atoms with Crippen molar-refractivity contribution in [1.82, 2.24) is 28.9 Å². The predicted octanol–water partition coefficient (Wildman–Crippen LogP) is 9.92. The molecule has 0 bridgehead atoms. The zero-order valence-corrected chi connectivity index (χ0v) is 25.7. The van der Waals surface area contributed by atoms with Gasteiger partial charge in [-0.1, -0.05) is 121 Å². The van der Waals surface area contributed by atoms with Crippen LogP contribution in [0.3, 0.4) is 0 Å². The summed E-state index contributed by atoms with van der Waals surface area (Å²) in [5.41, 5.74) is 9.05. The molecule has 4 heterocycles. The van der Waals surface area contributed by atoms with E-state index in [9.17, 15) is 0 Å². The predicted molar refractivity (Wildman–Crippen MR) is 194 cm³/mol. The number of aromatic nitrogens is 6. The number of benzene rings is 6. The first-order chi connectivity index (χ1) is 23.8. The van der Waals surface area contributed by atoms with Crippen molar-refractivity contribution >= 4 is 49.4 Å². The summed E-state index contributed by atoms with van der Waals surface area (Å²) in [6.45, 7) is 0. The van der Waals surface area contributed by atoms with E-state index in [0.717, 1.165) is 71.8 Å². The topological polar surface area (TPSA) is 60.9 Å². The number of hydrogen-bond acceptors (Lipinski definition) is 4. The van der Waals surface area contributed by atoms with Crippen LogP contribution in [-0.2, 0) is 0 Å². The fraction of sp³-hybridized carbons (Fsp3) is 0. The van der Waals surface area contributed by atoms with E-state index in [1.165, 1.54) is 0 Å². The first-order valence-corrected chi connectivity index (χ1v) is 16.0. The summed E-state index contributed by atoms with van der Waals surface area (Å²) >= 11 is 0. The summed E-state index contributed by atoms with van der Waals surface area (Å²) in [5.74, 6) is 1.91. The zero-order chi connectivity index (χ0) is 31.6. The lowest BCUT2D eigenvalue weighted by Gasteiger charge is -2.13. The average Bonchev–Trinajstić information content (AvgIpc) is 3.71. The third kappa shape index (κ3) is 3.99. The van der Waals surface area contributed by atoms with Crippen molar-refractivity contribution < 1.29 is 0 Å². The van der Waals surface area contributed by atoms with Crippen LogP contribution in [0, 0.1) is 0 Å². The van der Waals surface area contributed by atoms with E-state index in [2.05, 4.69) is 106 Å². The summed E-state index contributed by atoms with van der Waals surface area (Å²) < 4.78 is 4.65. The van der Waals surface area contributed by atoms with Crippen LogP contribution in [0.1, 0.15) is 0 Å². The largest absolute Gasteiger partial charge is 0.294 e. The Morgan fingerprint density at radius 2 is 0.917 bits per heavy atom. The molecule has 48 heavy (non-hydrogen) atoms. The highest BCUT2D eigenvalue weighted by molar-refractivity contribution is 6.17. The van der Waals surface area contributed by atoms with E-state index in [4.69, 9.17) is 19.9 Å². The molecular weight excluding hydrogens is 589 g/mol. The Bertz CT molecular complexity index is 2760. The lowest BCUT2D eigenvalue weighted by Crippen LogP contribution is -2.01. The molecule has 0 fully saturated rings. The molecule has 0 aliphatic carbocycles. The fourth-order valence-corrected chi connectivity index (χ4v) is 6.97. The van der Waals surface area contributed by atoms with Crippen molar-refractivity contribution in [3.8, 4) is 39.9 Å². The Labute approximate surface area is 275 Å². The molecular formula is C42H26N6. The molecule has 0 aliphatic rings. The van der Waals surface area contributed by atoms with Crippen LogP contribution in [0.4, 0.5) is 0 Å². The number of pyridine rings is 1. The van der Waals surface area contributed by atoms with E-state index in [1.54, 1.807) is 0 Å². The van der Waals surface area contributed by atoms with E-state index in [0.29, 0.717) is 17.5 Å². The van der Waals surface area contributed by atoms with Crippen molar-refractivity contribution in [3.63, 3.8) is 0 Å². The Morgan fingerprint density at radius 1 is 0.375 bits per heavy atom. The van der Waals surface area contributed by atoms with Gasteiger partial charge < -0.3 is 0 Å². The molecule has 0 atom stereocenters. The number of fused-ring (bicyclic) bond motifs is 10. The molecule has 6 nitrogen and oxygen atoms in total. The van der Waals surface area contributed by atoms with Crippen LogP contribution in [0.5, 0.6) is 0 Å². The van der Waals surface area contributed by atoms with Crippen LogP contribution < -0.4 is 0 Å². The second kappa shape index (κ2) is 10.4. The van der Waals surface area contributed by atoms with Gasteiger partial charge in [0.15, 0.2) is 23.1 Å². The quantitative estimate of drug-likeness (QED) is 0.185. The molecule has 0 unspecified atom stereocenters. The van der Waals surface area contributed by atoms with Gasteiger partial charge in [0.25, 0.3) is 0 Å². The SMILES string of the molecule is c1ccc(-c2nc(-c3ccccc3)nc(-c3ccc4c(c3)c3ccccc3c3nc5c6ccccc6n(-c6ccccc6)c5n43)n2)cc1. The standard InChI is InChI=1S/C42H26N6/c1-4-14-27(15-5-1)38-44-39(28-16-6-2-7-17-28)46-40(45-38)29-24-25-36-34(26-29)31-20-10-11-21-32(31)41-43-37-33-22-12-13-23-35(33)47(42(37)48(36)41)30-18-8-3-9-19-30/h1-26H. The highest BCUT2D eigenvalue weighted by Gasteiger charge is 2.22. The molecule has 10 aromatic rings. The van der Waals surface area contributed by atoms with Crippen molar-refractivity contribution in [2.75, 3.05) is 0 Å². The van der Waals surface area contributed by atoms with Gasteiger partial charge in [0.1, 0.15) is 11.2 Å². The molecule has 0 spiro atoms. The minimum Gasteiger partial charge on any atom is -0.294 e. The molecule has 4 aromatic heterocycles. The maximum absolute atomic E-state index is 5.35. The van der Waals surface area contributed by atoms with Crippen LogP contribution in [-0.4, -0.2) is 28.9 Å². The number of hydrogen-bond donors (Lipinski definition) is 0. The van der Waals surface area contributed by atoms with Gasteiger partial charge in [-0.2, -0.15) is 0 Å². The maximum Gasteiger partial charge on any atom is 0.164 e. The number of rotatable bonds is 4. The highest BCUT2D eigenvalue weighted by atomic mass is 15.2. The first-order valence-electron chi connectivity index (χ1n) is 16.0. The number of nitrogens with zero attached hydrogens (tertiary/aromatic N) is 6. The molecule has 0 saturated carbocycles. The van der Waals surface area contributed by atoms with E-state index in [-0.39, 0.29) is 0 Å². The molecule has 0 N–H and O–H groups in total. The van der Waals surface area contributed by atoms with Crippen molar-refractivity contribution in [3.05, 3.63) is 158 Å². The third-order valence-corrected chi connectivity index (χ3v) is 9.13.